The number of benzene rings is 1. The van der Waals surface area contributed by atoms with Crippen molar-refractivity contribution in [3.05, 3.63) is 23.8 Å². The van der Waals surface area contributed by atoms with Gasteiger partial charge in [-0.15, -0.1) is 0 Å². The van der Waals surface area contributed by atoms with E-state index in [-0.39, 0.29) is 12.5 Å². The molecule has 1 rings (SSSR count). The van der Waals surface area contributed by atoms with Gasteiger partial charge in [0.2, 0.25) is 0 Å². The molecule has 2 N–H and O–H groups in total. The van der Waals surface area contributed by atoms with Gasteiger partial charge in [-0.25, -0.2) is 0 Å². The van der Waals surface area contributed by atoms with Crippen LogP contribution in [0.25, 0.3) is 0 Å². The van der Waals surface area contributed by atoms with E-state index < -0.39 is 11.4 Å². The summed E-state index contributed by atoms with van der Waals surface area (Å²) < 4.78 is 10.5. The number of methoxy groups -OCH3 is 1. The normalized spacial score (nSPS) is 10.9. The number of carboxylic acids is 1. The predicted molar refractivity (Wildman–Crippen MR) is 77.9 cm³/mol. The van der Waals surface area contributed by atoms with E-state index >= 15 is 0 Å². The van der Waals surface area contributed by atoms with Crippen molar-refractivity contribution in [2.24, 2.45) is 5.41 Å². The monoisotopic (exact) mass is 295 g/mol. The number of amides is 1. The zero-order valence-corrected chi connectivity index (χ0v) is 12.7. The van der Waals surface area contributed by atoms with Crippen molar-refractivity contribution >= 4 is 11.9 Å². The van der Waals surface area contributed by atoms with Crippen LogP contribution in [0, 0.1) is 5.41 Å². The number of rotatable bonds is 7. The minimum Gasteiger partial charge on any atom is -0.493 e. The Morgan fingerprint density at radius 1 is 1.29 bits per heavy atom. The predicted octanol–water partition coefficient (Wildman–Crippen LogP) is 1.93. The van der Waals surface area contributed by atoms with Gasteiger partial charge in [0.05, 0.1) is 19.1 Å². The quantitative estimate of drug-likeness (QED) is 0.803. The van der Waals surface area contributed by atoms with Crippen molar-refractivity contribution in [2.75, 3.05) is 20.3 Å². The number of carbonyl (C=O) groups excluding carboxylic acids is 1. The molecule has 0 fully saturated rings. The molecule has 0 spiro atoms. The van der Waals surface area contributed by atoms with E-state index in [4.69, 9.17) is 14.6 Å². The van der Waals surface area contributed by atoms with Crippen molar-refractivity contribution in [2.45, 2.75) is 20.8 Å². The molecule has 1 aromatic carbocycles. The van der Waals surface area contributed by atoms with Gasteiger partial charge in [0, 0.05) is 12.1 Å². The number of carbonyl (C=O) groups is 2. The Kier molecular flexibility index (Phi) is 5.58. The highest BCUT2D eigenvalue weighted by molar-refractivity contribution is 5.95. The highest BCUT2D eigenvalue weighted by Crippen LogP contribution is 2.28. The summed E-state index contributed by atoms with van der Waals surface area (Å²) in [6, 6.07) is 4.82. The van der Waals surface area contributed by atoms with Gasteiger partial charge in [0.15, 0.2) is 11.5 Å². The summed E-state index contributed by atoms with van der Waals surface area (Å²) >= 11 is 0. The number of aliphatic carboxylic acids is 1. The Morgan fingerprint density at radius 2 is 1.95 bits per heavy atom. The van der Waals surface area contributed by atoms with E-state index in [9.17, 15) is 9.59 Å². The van der Waals surface area contributed by atoms with Crippen LogP contribution < -0.4 is 14.8 Å². The summed E-state index contributed by atoms with van der Waals surface area (Å²) in [5.41, 5.74) is -0.634. The van der Waals surface area contributed by atoms with Gasteiger partial charge in [0.25, 0.3) is 5.91 Å². The summed E-state index contributed by atoms with van der Waals surface area (Å²) in [6.07, 6.45) is 0. The summed E-state index contributed by atoms with van der Waals surface area (Å²) in [5, 5.41) is 11.6. The average Bonchev–Trinajstić information content (AvgIpc) is 2.45. The molecule has 0 aliphatic carbocycles. The molecule has 0 bridgehead atoms. The molecule has 0 heterocycles. The Morgan fingerprint density at radius 3 is 2.48 bits per heavy atom. The van der Waals surface area contributed by atoms with E-state index in [0.717, 1.165) is 0 Å². The molecule has 0 saturated heterocycles. The fraction of sp³-hybridized carbons (Fsp3) is 0.467. The molecule has 6 heteroatoms. The van der Waals surface area contributed by atoms with Crippen LogP contribution in [-0.4, -0.2) is 37.2 Å². The molecule has 6 nitrogen and oxygen atoms in total. The average molecular weight is 295 g/mol. The Bertz CT molecular complexity index is 525. The lowest BCUT2D eigenvalue weighted by molar-refractivity contribution is -0.146. The summed E-state index contributed by atoms with van der Waals surface area (Å²) in [7, 11) is 1.52. The topological polar surface area (TPSA) is 84.9 Å². The lowest BCUT2D eigenvalue weighted by Crippen LogP contribution is -2.38. The highest BCUT2D eigenvalue weighted by atomic mass is 16.5. The fourth-order valence-corrected chi connectivity index (χ4v) is 1.57. The van der Waals surface area contributed by atoms with E-state index in [1.807, 2.05) is 6.92 Å². The first kappa shape index (κ1) is 16.8. The molecular weight excluding hydrogens is 274 g/mol. The molecule has 0 radical (unpaired) electrons. The molecule has 1 aromatic rings. The van der Waals surface area contributed by atoms with Gasteiger partial charge >= 0.3 is 5.97 Å². The SMILES string of the molecule is CCOc1cc(C(=O)NCC(C)(C)C(=O)O)ccc1OC. The minimum absolute atomic E-state index is 0.0389. The van der Waals surface area contributed by atoms with Gasteiger partial charge in [-0.3, -0.25) is 9.59 Å². The van der Waals surface area contributed by atoms with E-state index in [0.29, 0.717) is 23.7 Å². The maximum atomic E-state index is 12.1. The smallest absolute Gasteiger partial charge is 0.310 e. The van der Waals surface area contributed by atoms with Gasteiger partial charge in [-0.05, 0) is 39.0 Å². The lowest BCUT2D eigenvalue weighted by Gasteiger charge is -2.19. The van der Waals surface area contributed by atoms with Crippen LogP contribution in [0.2, 0.25) is 0 Å². The lowest BCUT2D eigenvalue weighted by atomic mass is 9.94. The molecule has 0 unspecified atom stereocenters. The van der Waals surface area contributed by atoms with Crippen molar-refractivity contribution in [3.8, 4) is 11.5 Å². The second kappa shape index (κ2) is 6.97. The Balaban J connectivity index is 2.83. The van der Waals surface area contributed by atoms with Crippen LogP contribution in [0.4, 0.5) is 0 Å². The molecule has 21 heavy (non-hydrogen) atoms. The van der Waals surface area contributed by atoms with Crippen LogP contribution >= 0.6 is 0 Å². The van der Waals surface area contributed by atoms with Crippen molar-refractivity contribution in [1.82, 2.24) is 5.32 Å². The Labute approximate surface area is 124 Å². The molecule has 116 valence electrons. The zero-order valence-electron chi connectivity index (χ0n) is 12.7. The Hall–Kier alpha value is -2.24. The number of hydrogen-bond acceptors (Lipinski definition) is 4. The second-order valence-electron chi connectivity index (χ2n) is 5.17. The fourth-order valence-electron chi connectivity index (χ4n) is 1.57. The number of carboxylic acid groups (broad SMARTS) is 1. The second-order valence-corrected chi connectivity index (χ2v) is 5.17. The number of ether oxygens (including phenoxy) is 2. The molecule has 0 atom stereocenters. The van der Waals surface area contributed by atoms with Crippen molar-refractivity contribution < 1.29 is 24.2 Å². The summed E-state index contributed by atoms with van der Waals surface area (Å²) in [5.74, 6) is -0.301. The third kappa shape index (κ3) is 4.37. The molecule has 0 aliphatic rings. The van der Waals surface area contributed by atoms with Crippen LogP contribution in [0.15, 0.2) is 18.2 Å². The number of nitrogens with one attached hydrogen (secondary N) is 1. The summed E-state index contributed by atoms with van der Waals surface area (Å²) in [6.45, 7) is 5.43. The maximum absolute atomic E-state index is 12.1. The van der Waals surface area contributed by atoms with E-state index in [2.05, 4.69) is 5.32 Å². The standard InChI is InChI=1S/C15H21NO5/c1-5-21-12-8-10(6-7-11(12)20-4)13(17)16-9-15(2,3)14(18)19/h6-8H,5,9H2,1-4H3,(H,16,17)(H,18,19). The van der Waals surface area contributed by atoms with Crippen molar-refractivity contribution in [1.29, 1.82) is 0 Å². The summed E-state index contributed by atoms with van der Waals surface area (Å²) in [4.78, 5) is 23.1. The molecule has 0 aliphatic heterocycles. The first-order chi connectivity index (χ1) is 9.81. The maximum Gasteiger partial charge on any atom is 0.310 e. The zero-order chi connectivity index (χ0) is 16.0. The van der Waals surface area contributed by atoms with E-state index in [1.54, 1.807) is 32.0 Å². The number of hydrogen-bond donors (Lipinski definition) is 2. The molecule has 0 saturated carbocycles. The van der Waals surface area contributed by atoms with Gasteiger partial charge in [-0.1, -0.05) is 0 Å². The highest BCUT2D eigenvalue weighted by Gasteiger charge is 2.27. The van der Waals surface area contributed by atoms with Gasteiger partial charge < -0.3 is 19.9 Å². The largest absolute Gasteiger partial charge is 0.493 e. The minimum atomic E-state index is -1.02. The first-order valence-electron chi connectivity index (χ1n) is 6.64. The van der Waals surface area contributed by atoms with Crippen LogP contribution in [0.1, 0.15) is 31.1 Å². The third-order valence-electron chi connectivity index (χ3n) is 3.00. The molecular formula is C15H21NO5. The van der Waals surface area contributed by atoms with Gasteiger partial charge in [-0.2, -0.15) is 0 Å². The van der Waals surface area contributed by atoms with Gasteiger partial charge in [0.1, 0.15) is 0 Å². The van der Waals surface area contributed by atoms with E-state index in [1.165, 1.54) is 7.11 Å². The van der Waals surface area contributed by atoms with Crippen molar-refractivity contribution in [3.63, 3.8) is 0 Å². The molecule has 1 amide bonds. The molecule has 0 aromatic heterocycles. The first-order valence-corrected chi connectivity index (χ1v) is 6.64. The van der Waals surface area contributed by atoms with Crippen LogP contribution in [-0.2, 0) is 4.79 Å². The van der Waals surface area contributed by atoms with Crippen LogP contribution in [0.5, 0.6) is 11.5 Å². The van der Waals surface area contributed by atoms with Crippen LogP contribution in [0.3, 0.4) is 0 Å². The third-order valence-corrected chi connectivity index (χ3v) is 3.00.